The van der Waals surface area contributed by atoms with Crippen LogP contribution in [0.25, 0.3) is 10.9 Å². The maximum atomic E-state index is 5.34. The molecule has 1 fully saturated rings. The Morgan fingerprint density at radius 2 is 2.09 bits per heavy atom. The lowest BCUT2D eigenvalue weighted by molar-refractivity contribution is 0.120. The highest BCUT2D eigenvalue weighted by Gasteiger charge is 2.25. The van der Waals surface area contributed by atoms with Crippen LogP contribution in [0.2, 0.25) is 0 Å². The summed E-state index contributed by atoms with van der Waals surface area (Å²) in [6, 6.07) is 6.71. The lowest BCUT2D eigenvalue weighted by Crippen LogP contribution is -2.41. The van der Waals surface area contributed by atoms with E-state index in [-0.39, 0.29) is 0 Å². The molecule has 23 heavy (non-hydrogen) atoms. The second-order valence-electron chi connectivity index (χ2n) is 6.90. The van der Waals surface area contributed by atoms with E-state index >= 15 is 0 Å². The Morgan fingerprint density at radius 3 is 2.74 bits per heavy atom. The van der Waals surface area contributed by atoms with Crippen molar-refractivity contribution in [3.05, 3.63) is 23.9 Å². The molecule has 0 unspecified atom stereocenters. The number of aromatic amines is 1. The summed E-state index contributed by atoms with van der Waals surface area (Å²) in [7, 11) is 6.07. The van der Waals surface area contributed by atoms with Gasteiger partial charge in [-0.05, 0) is 71.1 Å². The summed E-state index contributed by atoms with van der Waals surface area (Å²) in [5, 5.41) is 8.80. The molecule has 3 rings (SSSR count). The SMILES string of the molecule is COc1ccc2n[nH]c(CN3CCC([C@@H](C)N(C)C)CC3)c2c1. The van der Waals surface area contributed by atoms with Crippen LogP contribution in [0.4, 0.5) is 0 Å². The Morgan fingerprint density at radius 1 is 1.35 bits per heavy atom. The highest BCUT2D eigenvalue weighted by atomic mass is 16.5. The number of nitrogens with zero attached hydrogens (tertiary/aromatic N) is 3. The number of likely N-dealkylation sites (tertiary alicyclic amines) is 1. The minimum Gasteiger partial charge on any atom is -0.497 e. The number of fused-ring (bicyclic) bond motifs is 1. The van der Waals surface area contributed by atoms with Crippen LogP contribution in [0.3, 0.4) is 0 Å². The lowest BCUT2D eigenvalue weighted by atomic mass is 9.89. The molecule has 0 aliphatic carbocycles. The first-order valence-corrected chi connectivity index (χ1v) is 8.48. The van der Waals surface area contributed by atoms with E-state index in [0.29, 0.717) is 6.04 Å². The summed E-state index contributed by atoms with van der Waals surface area (Å²) in [5.74, 6) is 1.69. The van der Waals surface area contributed by atoms with Crippen LogP contribution in [0.5, 0.6) is 5.75 Å². The third-order valence-electron chi connectivity index (χ3n) is 5.35. The molecule has 126 valence electrons. The fraction of sp³-hybridized carbons (Fsp3) is 0.611. The molecule has 1 aromatic carbocycles. The molecule has 0 radical (unpaired) electrons. The molecule has 1 atom stereocenters. The number of rotatable bonds is 5. The van der Waals surface area contributed by atoms with E-state index in [9.17, 15) is 0 Å². The zero-order chi connectivity index (χ0) is 16.4. The van der Waals surface area contributed by atoms with Gasteiger partial charge in [-0.15, -0.1) is 0 Å². The van der Waals surface area contributed by atoms with Gasteiger partial charge in [-0.3, -0.25) is 10.00 Å². The molecule has 1 N–H and O–H groups in total. The third kappa shape index (κ3) is 3.51. The van der Waals surface area contributed by atoms with Gasteiger partial charge in [0, 0.05) is 18.0 Å². The Bertz CT molecular complexity index is 644. The lowest BCUT2D eigenvalue weighted by Gasteiger charge is -2.37. The normalized spacial score (nSPS) is 18.7. The highest BCUT2D eigenvalue weighted by molar-refractivity contribution is 5.82. The maximum absolute atomic E-state index is 5.34. The predicted molar refractivity (Wildman–Crippen MR) is 93.8 cm³/mol. The number of H-pyrrole nitrogens is 1. The van der Waals surface area contributed by atoms with E-state index in [1.54, 1.807) is 7.11 Å². The van der Waals surface area contributed by atoms with Gasteiger partial charge in [0.2, 0.25) is 0 Å². The summed E-state index contributed by atoms with van der Waals surface area (Å²) >= 11 is 0. The van der Waals surface area contributed by atoms with Crippen molar-refractivity contribution in [2.24, 2.45) is 5.92 Å². The zero-order valence-corrected chi connectivity index (χ0v) is 14.7. The largest absolute Gasteiger partial charge is 0.497 e. The Kier molecular flexibility index (Phi) is 4.87. The summed E-state index contributed by atoms with van der Waals surface area (Å²) < 4.78 is 5.34. The molecular weight excluding hydrogens is 288 g/mol. The van der Waals surface area contributed by atoms with Crippen molar-refractivity contribution < 1.29 is 4.74 Å². The summed E-state index contributed by atoms with van der Waals surface area (Å²) in [5.41, 5.74) is 2.20. The Labute approximate surface area is 138 Å². The van der Waals surface area contributed by atoms with Crippen molar-refractivity contribution in [2.75, 3.05) is 34.3 Å². The quantitative estimate of drug-likeness (QED) is 0.921. The standard InChI is InChI=1S/C18H28N4O/c1-13(21(2)3)14-7-9-22(10-8-14)12-18-16-11-15(23-4)5-6-17(16)19-20-18/h5-6,11,13-14H,7-10,12H2,1-4H3,(H,19,20)/t13-/m1/s1. The number of piperidine rings is 1. The van der Waals surface area contributed by atoms with Crippen molar-refractivity contribution >= 4 is 10.9 Å². The van der Waals surface area contributed by atoms with E-state index in [1.165, 1.54) is 23.9 Å². The molecule has 0 bridgehead atoms. The molecule has 1 saturated heterocycles. The molecule has 0 saturated carbocycles. The molecule has 1 aromatic heterocycles. The number of hydrogen-bond donors (Lipinski definition) is 1. The molecular formula is C18H28N4O. The Balaban J connectivity index is 1.65. The van der Waals surface area contributed by atoms with Crippen LogP contribution < -0.4 is 4.74 Å². The first-order valence-electron chi connectivity index (χ1n) is 8.48. The molecule has 0 amide bonds. The number of hydrogen-bond acceptors (Lipinski definition) is 4. The van der Waals surface area contributed by atoms with Crippen LogP contribution in [0.15, 0.2) is 18.2 Å². The third-order valence-corrected chi connectivity index (χ3v) is 5.35. The first kappa shape index (κ1) is 16.3. The average Bonchev–Trinajstić information content (AvgIpc) is 2.97. The molecule has 1 aliphatic heterocycles. The van der Waals surface area contributed by atoms with E-state index in [4.69, 9.17) is 4.74 Å². The van der Waals surface area contributed by atoms with Gasteiger partial charge in [0.05, 0.1) is 18.3 Å². The van der Waals surface area contributed by atoms with Crippen molar-refractivity contribution in [3.63, 3.8) is 0 Å². The van der Waals surface area contributed by atoms with Gasteiger partial charge < -0.3 is 9.64 Å². The van der Waals surface area contributed by atoms with Crippen LogP contribution >= 0.6 is 0 Å². The monoisotopic (exact) mass is 316 g/mol. The van der Waals surface area contributed by atoms with Gasteiger partial charge in [0.15, 0.2) is 0 Å². The molecule has 5 heteroatoms. The number of nitrogens with one attached hydrogen (secondary N) is 1. The molecule has 5 nitrogen and oxygen atoms in total. The molecule has 2 heterocycles. The Hall–Kier alpha value is -1.59. The second kappa shape index (κ2) is 6.89. The van der Waals surface area contributed by atoms with Crippen LogP contribution in [-0.2, 0) is 6.54 Å². The fourth-order valence-electron chi connectivity index (χ4n) is 3.53. The van der Waals surface area contributed by atoms with Crippen molar-refractivity contribution in [2.45, 2.75) is 32.4 Å². The zero-order valence-electron chi connectivity index (χ0n) is 14.7. The van der Waals surface area contributed by atoms with Gasteiger partial charge in [-0.25, -0.2) is 0 Å². The number of ether oxygens (including phenoxy) is 1. The van der Waals surface area contributed by atoms with Gasteiger partial charge in [-0.2, -0.15) is 5.10 Å². The summed E-state index contributed by atoms with van der Waals surface area (Å²) in [6.07, 6.45) is 2.55. The number of aromatic nitrogens is 2. The van der Waals surface area contributed by atoms with Gasteiger partial charge in [0.1, 0.15) is 5.75 Å². The van der Waals surface area contributed by atoms with Crippen molar-refractivity contribution in [3.8, 4) is 5.75 Å². The van der Waals surface area contributed by atoms with Crippen LogP contribution in [0.1, 0.15) is 25.5 Å². The minimum absolute atomic E-state index is 0.661. The summed E-state index contributed by atoms with van der Waals surface area (Å²) in [4.78, 5) is 4.88. The second-order valence-corrected chi connectivity index (χ2v) is 6.90. The molecule has 0 spiro atoms. The van der Waals surface area contributed by atoms with Gasteiger partial charge >= 0.3 is 0 Å². The van der Waals surface area contributed by atoms with Crippen LogP contribution in [-0.4, -0.2) is 60.3 Å². The van der Waals surface area contributed by atoms with Crippen LogP contribution in [0, 0.1) is 5.92 Å². The molecule has 2 aromatic rings. The van der Waals surface area contributed by atoms with Crippen molar-refractivity contribution in [1.29, 1.82) is 0 Å². The highest BCUT2D eigenvalue weighted by Crippen LogP contribution is 2.26. The summed E-state index contributed by atoms with van der Waals surface area (Å²) in [6.45, 7) is 5.60. The minimum atomic E-state index is 0.661. The number of methoxy groups -OCH3 is 1. The smallest absolute Gasteiger partial charge is 0.119 e. The maximum Gasteiger partial charge on any atom is 0.119 e. The van der Waals surface area contributed by atoms with Gasteiger partial charge in [0.25, 0.3) is 0 Å². The van der Waals surface area contributed by atoms with E-state index in [1.807, 2.05) is 12.1 Å². The topological polar surface area (TPSA) is 44.4 Å². The van der Waals surface area contributed by atoms with Gasteiger partial charge in [-0.1, -0.05) is 0 Å². The average molecular weight is 316 g/mol. The predicted octanol–water partition coefficient (Wildman–Crippen LogP) is 2.73. The van der Waals surface area contributed by atoms with E-state index in [2.05, 4.69) is 47.1 Å². The first-order chi connectivity index (χ1) is 11.1. The van der Waals surface area contributed by atoms with E-state index < -0.39 is 0 Å². The number of benzene rings is 1. The van der Waals surface area contributed by atoms with Crippen molar-refractivity contribution in [1.82, 2.24) is 20.0 Å². The molecule has 1 aliphatic rings. The van der Waals surface area contributed by atoms with E-state index in [0.717, 1.165) is 36.8 Å². The fourth-order valence-corrected chi connectivity index (χ4v) is 3.53.